The summed E-state index contributed by atoms with van der Waals surface area (Å²) in [5, 5.41) is 19.9. The monoisotopic (exact) mass is 197 g/mol. The quantitative estimate of drug-likeness (QED) is 0.539. The first-order valence-corrected chi connectivity index (χ1v) is 4.03. The zero-order valence-corrected chi connectivity index (χ0v) is 7.04. The minimum atomic E-state index is -3.14. The van der Waals surface area contributed by atoms with E-state index in [1.807, 2.05) is 0 Å². The number of hydrogen-bond acceptors (Lipinski definition) is 4. The van der Waals surface area contributed by atoms with E-state index < -0.39 is 31.2 Å². The van der Waals surface area contributed by atoms with Gasteiger partial charge in [-0.1, -0.05) is 0 Å². The van der Waals surface area contributed by atoms with Gasteiger partial charge in [-0.15, -0.1) is 0 Å². The van der Waals surface area contributed by atoms with E-state index in [0.29, 0.717) is 0 Å². The van der Waals surface area contributed by atoms with E-state index >= 15 is 0 Å². The summed E-state index contributed by atoms with van der Waals surface area (Å²) in [6.45, 7) is -1.44. The van der Waals surface area contributed by atoms with Gasteiger partial charge in [-0.05, 0) is 0 Å². The van der Waals surface area contributed by atoms with Crippen LogP contribution in [0.4, 0.5) is 8.78 Å². The van der Waals surface area contributed by atoms with Crippen molar-refractivity contribution < 1.29 is 23.7 Å². The van der Waals surface area contributed by atoms with Gasteiger partial charge in [0.2, 0.25) is 0 Å². The first-order chi connectivity index (χ1) is 6.05. The molecular formula is C7H13F2NO3. The van der Waals surface area contributed by atoms with Crippen molar-refractivity contribution in [1.82, 2.24) is 5.32 Å². The van der Waals surface area contributed by atoms with Crippen LogP contribution in [-0.4, -0.2) is 54.6 Å². The smallest absolute Gasteiger partial charge is 0.282 e. The van der Waals surface area contributed by atoms with Gasteiger partial charge in [-0.25, -0.2) is 8.78 Å². The fraction of sp³-hybridized carbons (Fsp3) is 1.00. The van der Waals surface area contributed by atoms with Crippen molar-refractivity contribution in [2.24, 2.45) is 0 Å². The van der Waals surface area contributed by atoms with Gasteiger partial charge in [0.05, 0.1) is 31.9 Å². The Labute approximate surface area is 74.5 Å². The molecule has 4 nitrogen and oxygen atoms in total. The van der Waals surface area contributed by atoms with Crippen molar-refractivity contribution >= 4 is 0 Å². The van der Waals surface area contributed by atoms with Gasteiger partial charge in [0.25, 0.3) is 5.92 Å². The highest BCUT2D eigenvalue weighted by Crippen LogP contribution is 2.12. The number of hydrogen-bond donors (Lipinski definition) is 3. The minimum absolute atomic E-state index is 0.169. The average molecular weight is 197 g/mol. The standard InChI is InChI=1S/C7H13F2NO3/c8-7(9,4-11)3-10-5-1-13-2-6(5)12/h5-6,10-12H,1-4H2. The van der Waals surface area contributed by atoms with E-state index in [0.717, 1.165) is 0 Å². The van der Waals surface area contributed by atoms with Crippen molar-refractivity contribution in [3.8, 4) is 0 Å². The molecule has 6 heteroatoms. The maximum Gasteiger partial charge on any atom is 0.282 e. The molecule has 78 valence electrons. The van der Waals surface area contributed by atoms with Gasteiger partial charge in [0, 0.05) is 0 Å². The Balaban J connectivity index is 2.25. The molecule has 0 amide bonds. The molecule has 0 bridgehead atoms. The van der Waals surface area contributed by atoms with Crippen LogP contribution in [0.15, 0.2) is 0 Å². The Bertz CT molecular complexity index is 168. The second kappa shape index (κ2) is 4.28. The maximum absolute atomic E-state index is 12.5. The summed E-state index contributed by atoms with van der Waals surface area (Å²) in [5.74, 6) is -3.14. The summed E-state index contributed by atoms with van der Waals surface area (Å²) in [6.07, 6.45) is -0.741. The molecule has 3 N–H and O–H groups in total. The van der Waals surface area contributed by atoms with Gasteiger partial charge in [-0.2, -0.15) is 0 Å². The molecule has 1 saturated heterocycles. The Kier molecular flexibility index (Phi) is 3.55. The van der Waals surface area contributed by atoms with Gasteiger partial charge >= 0.3 is 0 Å². The topological polar surface area (TPSA) is 61.7 Å². The SMILES string of the molecule is OCC(F)(F)CNC1COCC1O. The second-order valence-corrected chi connectivity index (χ2v) is 3.11. The predicted octanol–water partition coefficient (Wildman–Crippen LogP) is -1.04. The van der Waals surface area contributed by atoms with Crippen molar-refractivity contribution in [2.45, 2.75) is 18.1 Å². The summed E-state index contributed by atoms with van der Waals surface area (Å²) in [6, 6.07) is -0.461. The molecule has 1 rings (SSSR count). The van der Waals surface area contributed by atoms with Crippen LogP contribution >= 0.6 is 0 Å². The molecule has 2 unspecified atom stereocenters. The van der Waals surface area contributed by atoms with E-state index in [4.69, 9.17) is 14.9 Å². The molecule has 0 spiro atoms. The Hall–Kier alpha value is -0.300. The van der Waals surface area contributed by atoms with Crippen LogP contribution in [0.3, 0.4) is 0 Å². The first-order valence-electron chi connectivity index (χ1n) is 4.03. The third kappa shape index (κ3) is 3.15. The fourth-order valence-electron chi connectivity index (χ4n) is 1.07. The highest BCUT2D eigenvalue weighted by Gasteiger charge is 2.32. The molecule has 0 radical (unpaired) electrons. The van der Waals surface area contributed by atoms with Crippen molar-refractivity contribution in [3.05, 3.63) is 0 Å². The minimum Gasteiger partial charge on any atom is -0.390 e. The number of ether oxygens (including phenoxy) is 1. The lowest BCUT2D eigenvalue weighted by molar-refractivity contribution is -0.0509. The molecule has 1 heterocycles. The molecule has 0 aromatic heterocycles. The van der Waals surface area contributed by atoms with Crippen LogP contribution in [0.1, 0.15) is 0 Å². The van der Waals surface area contributed by atoms with Crippen molar-refractivity contribution in [1.29, 1.82) is 0 Å². The normalized spacial score (nSPS) is 29.5. The lowest BCUT2D eigenvalue weighted by Crippen LogP contribution is -2.46. The summed E-state index contributed by atoms with van der Waals surface area (Å²) < 4.78 is 29.8. The highest BCUT2D eigenvalue weighted by atomic mass is 19.3. The van der Waals surface area contributed by atoms with E-state index in [-0.39, 0.29) is 13.2 Å². The molecular weight excluding hydrogens is 184 g/mol. The van der Waals surface area contributed by atoms with Gasteiger partial charge in [-0.3, -0.25) is 0 Å². The van der Waals surface area contributed by atoms with Crippen LogP contribution in [0, 0.1) is 0 Å². The Morgan fingerprint density at radius 1 is 1.46 bits per heavy atom. The second-order valence-electron chi connectivity index (χ2n) is 3.11. The molecule has 1 aliphatic rings. The zero-order valence-electron chi connectivity index (χ0n) is 7.04. The summed E-state index contributed by atoms with van der Waals surface area (Å²) in [7, 11) is 0. The number of rotatable bonds is 4. The largest absolute Gasteiger partial charge is 0.390 e. The molecule has 1 fully saturated rings. The summed E-state index contributed by atoms with van der Waals surface area (Å²) >= 11 is 0. The first kappa shape index (κ1) is 10.8. The number of halogens is 2. The lowest BCUT2D eigenvalue weighted by atomic mass is 10.2. The molecule has 13 heavy (non-hydrogen) atoms. The van der Waals surface area contributed by atoms with Gasteiger partial charge in [0.1, 0.15) is 6.61 Å². The molecule has 2 atom stereocenters. The fourth-order valence-corrected chi connectivity index (χ4v) is 1.07. The maximum atomic E-state index is 12.5. The van der Waals surface area contributed by atoms with E-state index in [1.54, 1.807) is 0 Å². The van der Waals surface area contributed by atoms with E-state index in [9.17, 15) is 8.78 Å². The van der Waals surface area contributed by atoms with Crippen LogP contribution in [-0.2, 0) is 4.74 Å². The summed E-state index contributed by atoms with van der Waals surface area (Å²) in [4.78, 5) is 0. The highest BCUT2D eigenvalue weighted by molar-refractivity contribution is 4.82. The van der Waals surface area contributed by atoms with E-state index in [2.05, 4.69) is 5.32 Å². The van der Waals surface area contributed by atoms with Crippen LogP contribution < -0.4 is 5.32 Å². The molecule has 0 aromatic carbocycles. The van der Waals surface area contributed by atoms with Crippen molar-refractivity contribution in [2.75, 3.05) is 26.4 Å². The van der Waals surface area contributed by atoms with Crippen LogP contribution in [0.25, 0.3) is 0 Å². The zero-order chi connectivity index (χ0) is 9.90. The number of nitrogens with one attached hydrogen (secondary N) is 1. The molecule has 0 aromatic rings. The van der Waals surface area contributed by atoms with Crippen LogP contribution in [0.2, 0.25) is 0 Å². The van der Waals surface area contributed by atoms with Gasteiger partial charge < -0.3 is 20.3 Å². The summed E-state index contributed by atoms with van der Waals surface area (Å²) in [5.41, 5.74) is 0. The number of aliphatic hydroxyl groups is 2. The van der Waals surface area contributed by atoms with E-state index in [1.165, 1.54) is 0 Å². The average Bonchev–Trinajstić information content (AvgIpc) is 2.48. The van der Waals surface area contributed by atoms with Gasteiger partial charge in [0.15, 0.2) is 0 Å². The lowest BCUT2D eigenvalue weighted by Gasteiger charge is -2.19. The van der Waals surface area contributed by atoms with Crippen molar-refractivity contribution in [3.63, 3.8) is 0 Å². The number of alkyl halides is 2. The molecule has 1 aliphatic heterocycles. The molecule has 0 saturated carbocycles. The number of aliphatic hydroxyl groups excluding tert-OH is 2. The third-order valence-corrected chi connectivity index (χ3v) is 1.90. The van der Waals surface area contributed by atoms with Crippen LogP contribution in [0.5, 0.6) is 0 Å². The molecule has 0 aliphatic carbocycles. The predicted molar refractivity (Wildman–Crippen MR) is 40.6 cm³/mol. The third-order valence-electron chi connectivity index (χ3n) is 1.90. The Morgan fingerprint density at radius 2 is 2.15 bits per heavy atom. The Morgan fingerprint density at radius 3 is 2.62 bits per heavy atom.